The Morgan fingerprint density at radius 2 is 1.67 bits per heavy atom. The third-order valence-electron chi connectivity index (χ3n) is 4.38. The maximum atomic E-state index is 14.2. The van der Waals surface area contributed by atoms with Crippen molar-refractivity contribution in [2.24, 2.45) is 0 Å². The summed E-state index contributed by atoms with van der Waals surface area (Å²) in [6.07, 6.45) is -2.45. The summed E-state index contributed by atoms with van der Waals surface area (Å²) >= 11 is 0. The summed E-state index contributed by atoms with van der Waals surface area (Å²) in [6, 6.07) is 6.73. The second-order valence-corrected chi connectivity index (χ2v) is 6.46. The quantitative estimate of drug-likeness (QED) is 0.199. The number of aryl methyl sites for hydroxylation is 1. The molecule has 0 radical (unpaired) electrons. The molecule has 3 aromatic rings. The van der Waals surface area contributed by atoms with E-state index in [1.807, 2.05) is 0 Å². The highest BCUT2D eigenvalue weighted by atomic mass is 19.4. The topological polar surface area (TPSA) is 26.3 Å². The number of fused-ring (bicyclic) bond motifs is 1. The molecule has 3 aromatic carbocycles. The molecule has 0 bridgehead atoms. The average Bonchev–Trinajstić information content (AvgIpc) is 2.65. The fourth-order valence-corrected chi connectivity index (χ4v) is 2.94. The summed E-state index contributed by atoms with van der Waals surface area (Å²) < 4.78 is 85.9. The van der Waals surface area contributed by atoms with Crippen LogP contribution in [0.2, 0.25) is 0 Å². The zero-order chi connectivity index (χ0) is 22.1. The molecule has 0 aliphatic heterocycles. The number of halogens is 6. The highest BCUT2D eigenvalue weighted by molar-refractivity contribution is 5.93. The number of allylic oxidation sites excluding steroid dienone is 1. The third-order valence-corrected chi connectivity index (χ3v) is 4.38. The molecule has 0 heterocycles. The van der Waals surface area contributed by atoms with Crippen molar-refractivity contribution in [1.82, 2.24) is 0 Å². The number of alkyl halides is 3. The molecule has 0 saturated carbocycles. The van der Waals surface area contributed by atoms with Gasteiger partial charge >= 0.3 is 12.1 Å². The Bertz CT molecular complexity index is 1110. The van der Waals surface area contributed by atoms with E-state index >= 15 is 0 Å². The molecule has 0 N–H and O–H groups in total. The molecule has 156 valence electrons. The molecule has 8 heteroatoms. The Hall–Kier alpha value is -3.29. The summed E-state index contributed by atoms with van der Waals surface area (Å²) in [5.41, 5.74) is -2.00. The lowest BCUT2D eigenvalue weighted by Gasteiger charge is -2.11. The van der Waals surface area contributed by atoms with Gasteiger partial charge in [-0.05, 0) is 60.2 Å². The van der Waals surface area contributed by atoms with Crippen molar-refractivity contribution in [2.45, 2.75) is 19.0 Å². The number of carbonyl (C=O) groups is 1. The van der Waals surface area contributed by atoms with E-state index in [-0.39, 0.29) is 16.5 Å². The summed E-state index contributed by atoms with van der Waals surface area (Å²) in [5, 5.41) is -0.319. The van der Waals surface area contributed by atoms with E-state index in [1.54, 1.807) is 6.08 Å². The highest BCUT2D eigenvalue weighted by Gasteiger charge is 2.34. The molecule has 0 aliphatic carbocycles. The maximum Gasteiger partial charge on any atom is 0.419 e. The number of carbonyl (C=O) groups excluding carboxylic acids is 1. The molecule has 2 nitrogen and oxygen atoms in total. The van der Waals surface area contributed by atoms with Crippen molar-refractivity contribution in [2.75, 3.05) is 0 Å². The van der Waals surface area contributed by atoms with E-state index in [0.29, 0.717) is 24.5 Å². The van der Waals surface area contributed by atoms with E-state index in [2.05, 4.69) is 6.58 Å². The number of ether oxygens (including phenoxy) is 1. The minimum absolute atomic E-state index is 0.0199. The molecule has 0 aliphatic rings. The summed E-state index contributed by atoms with van der Waals surface area (Å²) in [5.74, 6) is -5.22. The zero-order valence-corrected chi connectivity index (χ0v) is 15.3. The monoisotopic (exact) mass is 424 g/mol. The van der Waals surface area contributed by atoms with E-state index < -0.39 is 40.7 Å². The van der Waals surface area contributed by atoms with Gasteiger partial charge in [-0.15, -0.1) is 6.58 Å². The molecule has 3 rings (SSSR count). The predicted octanol–water partition coefficient (Wildman–Crippen LogP) is 6.61. The Labute approximate surface area is 167 Å². The van der Waals surface area contributed by atoms with Gasteiger partial charge in [-0.3, -0.25) is 0 Å². The van der Waals surface area contributed by atoms with Crippen LogP contribution < -0.4 is 4.74 Å². The average molecular weight is 424 g/mol. The van der Waals surface area contributed by atoms with Gasteiger partial charge in [0, 0.05) is 5.39 Å². The highest BCUT2D eigenvalue weighted by Crippen LogP contribution is 2.35. The van der Waals surface area contributed by atoms with E-state index in [0.717, 1.165) is 36.4 Å². The van der Waals surface area contributed by atoms with Crippen LogP contribution in [0.3, 0.4) is 0 Å². The van der Waals surface area contributed by atoms with Gasteiger partial charge in [-0.2, -0.15) is 13.2 Å². The van der Waals surface area contributed by atoms with E-state index in [1.165, 1.54) is 0 Å². The summed E-state index contributed by atoms with van der Waals surface area (Å²) in [6.45, 7) is 3.52. The minimum atomic E-state index is -4.86. The number of rotatable bonds is 5. The van der Waals surface area contributed by atoms with Gasteiger partial charge in [-0.25, -0.2) is 18.0 Å². The van der Waals surface area contributed by atoms with Crippen LogP contribution in [-0.4, -0.2) is 5.97 Å². The fraction of sp³-hybridized carbons (Fsp3) is 0.136. The van der Waals surface area contributed by atoms with Gasteiger partial charge in [0.15, 0.2) is 0 Å². The fourth-order valence-electron chi connectivity index (χ4n) is 2.94. The van der Waals surface area contributed by atoms with Crippen molar-refractivity contribution in [3.05, 3.63) is 89.3 Å². The van der Waals surface area contributed by atoms with Crippen LogP contribution in [-0.2, 0) is 12.6 Å². The lowest BCUT2D eigenvalue weighted by molar-refractivity contribution is -0.139. The lowest BCUT2D eigenvalue weighted by atomic mass is 10.0. The molecule has 0 spiro atoms. The third kappa shape index (κ3) is 4.32. The Balaban J connectivity index is 1.89. The summed E-state index contributed by atoms with van der Waals surface area (Å²) in [4.78, 5) is 12.2. The first-order chi connectivity index (χ1) is 14.1. The van der Waals surface area contributed by atoms with Gasteiger partial charge in [0.05, 0.1) is 5.56 Å². The van der Waals surface area contributed by atoms with E-state index in [9.17, 15) is 31.1 Å². The van der Waals surface area contributed by atoms with Crippen LogP contribution in [0.1, 0.15) is 27.9 Å². The first-order valence-electron chi connectivity index (χ1n) is 8.72. The molecule has 30 heavy (non-hydrogen) atoms. The molecule has 0 fully saturated rings. The molecule has 0 amide bonds. The molecular weight excluding hydrogens is 410 g/mol. The summed E-state index contributed by atoms with van der Waals surface area (Å²) in [7, 11) is 0. The van der Waals surface area contributed by atoms with Crippen LogP contribution in [0, 0.1) is 17.5 Å². The second kappa shape index (κ2) is 8.22. The van der Waals surface area contributed by atoms with Gasteiger partial charge < -0.3 is 4.74 Å². The van der Waals surface area contributed by atoms with Gasteiger partial charge in [0.1, 0.15) is 28.8 Å². The molecule has 0 unspecified atom stereocenters. The zero-order valence-electron chi connectivity index (χ0n) is 15.3. The normalized spacial score (nSPS) is 11.5. The molecule has 0 aromatic heterocycles. The SMILES string of the molecule is C=CCCc1cc(F)c(C(=O)Oc2ccc3c(F)c(C(F)(F)F)ccc3c2)c(F)c1. The first kappa shape index (κ1) is 21.4. The van der Waals surface area contributed by atoms with Crippen LogP contribution in [0.4, 0.5) is 26.3 Å². The smallest absolute Gasteiger partial charge is 0.419 e. The van der Waals surface area contributed by atoms with Crippen molar-refractivity contribution >= 4 is 16.7 Å². The largest absolute Gasteiger partial charge is 0.423 e. The number of esters is 1. The van der Waals surface area contributed by atoms with Crippen molar-refractivity contribution in [3.63, 3.8) is 0 Å². The van der Waals surface area contributed by atoms with Crippen LogP contribution in [0.25, 0.3) is 10.8 Å². The van der Waals surface area contributed by atoms with Crippen molar-refractivity contribution in [1.29, 1.82) is 0 Å². The van der Waals surface area contributed by atoms with Crippen LogP contribution in [0.15, 0.2) is 55.1 Å². The van der Waals surface area contributed by atoms with E-state index in [4.69, 9.17) is 4.74 Å². The maximum absolute atomic E-state index is 14.2. The van der Waals surface area contributed by atoms with Gasteiger partial charge in [0.2, 0.25) is 0 Å². The van der Waals surface area contributed by atoms with Gasteiger partial charge in [-0.1, -0.05) is 12.1 Å². The first-order valence-corrected chi connectivity index (χ1v) is 8.72. The van der Waals surface area contributed by atoms with Gasteiger partial charge in [0.25, 0.3) is 0 Å². The van der Waals surface area contributed by atoms with Crippen LogP contribution >= 0.6 is 0 Å². The predicted molar refractivity (Wildman–Crippen MR) is 98.7 cm³/mol. The number of hydrogen-bond acceptors (Lipinski definition) is 2. The molecule has 0 atom stereocenters. The Kier molecular flexibility index (Phi) is 5.87. The van der Waals surface area contributed by atoms with Crippen molar-refractivity contribution < 1.29 is 35.9 Å². The Morgan fingerprint density at radius 3 is 2.27 bits per heavy atom. The molecular formula is C22H14F6O2. The van der Waals surface area contributed by atoms with Crippen LogP contribution in [0.5, 0.6) is 5.75 Å². The van der Waals surface area contributed by atoms with Crippen molar-refractivity contribution in [3.8, 4) is 5.75 Å². The minimum Gasteiger partial charge on any atom is -0.423 e. The number of hydrogen-bond donors (Lipinski definition) is 0. The molecule has 0 saturated heterocycles. The Morgan fingerprint density at radius 1 is 1.00 bits per heavy atom. The standard InChI is InChI=1S/C22H14F6O2/c1-2-3-4-12-9-17(23)19(18(24)10-12)21(29)30-14-6-7-15-13(11-14)5-8-16(20(15)25)22(26,27)28/h2,5-11H,1,3-4H2. The lowest BCUT2D eigenvalue weighted by Crippen LogP contribution is -2.14. The number of benzene rings is 3. The second-order valence-electron chi connectivity index (χ2n) is 6.46.